The summed E-state index contributed by atoms with van der Waals surface area (Å²) in [6.07, 6.45) is 53.3. The standard InChI is InChI=1S/C43H68O5/c1-3-5-7-9-11-13-15-17-18-19-20-21-22-23-24-26-28-30-32-34-36-38-43(46)48-41(39-44)40-47-42(45)37-35-33-31-29-27-25-16-14-12-10-8-6-4-2/h5-8,11-14,17-18,20-21,25,27,31,33,41,44H,3-4,9-10,15-16,19,22-24,26,28-30,32,34-40H2,1-2H3/b7-5-,8-6-,13-11-,14-12-,18-17-,21-20-,27-25-,33-31-. The molecule has 0 aromatic carbocycles. The Hall–Kier alpha value is -3.18. The van der Waals surface area contributed by atoms with Crippen LogP contribution in [-0.4, -0.2) is 36.4 Å². The van der Waals surface area contributed by atoms with Crippen LogP contribution < -0.4 is 0 Å². The minimum atomic E-state index is -0.810. The molecular weight excluding hydrogens is 596 g/mol. The number of aliphatic hydroxyl groups is 1. The van der Waals surface area contributed by atoms with E-state index in [1.807, 2.05) is 12.2 Å². The van der Waals surface area contributed by atoms with Crippen LogP contribution in [0.2, 0.25) is 0 Å². The summed E-state index contributed by atoms with van der Waals surface area (Å²) in [5.41, 5.74) is 0. The van der Waals surface area contributed by atoms with Crippen molar-refractivity contribution in [2.45, 2.75) is 148 Å². The lowest BCUT2D eigenvalue weighted by Crippen LogP contribution is -2.28. The summed E-state index contributed by atoms with van der Waals surface area (Å²) in [6.45, 7) is 3.81. The van der Waals surface area contributed by atoms with Crippen molar-refractivity contribution in [2.24, 2.45) is 0 Å². The van der Waals surface area contributed by atoms with Gasteiger partial charge in [0.2, 0.25) is 0 Å². The summed E-state index contributed by atoms with van der Waals surface area (Å²) in [7, 11) is 0. The maximum Gasteiger partial charge on any atom is 0.306 e. The molecule has 0 aliphatic carbocycles. The van der Waals surface area contributed by atoms with Gasteiger partial charge in [-0.3, -0.25) is 9.59 Å². The van der Waals surface area contributed by atoms with Crippen molar-refractivity contribution >= 4 is 11.9 Å². The van der Waals surface area contributed by atoms with E-state index in [1.165, 1.54) is 32.1 Å². The minimum Gasteiger partial charge on any atom is -0.462 e. The molecule has 1 atom stereocenters. The van der Waals surface area contributed by atoms with Crippen LogP contribution in [0.15, 0.2) is 97.2 Å². The molecule has 1 unspecified atom stereocenters. The first-order chi connectivity index (χ1) is 23.6. The molecule has 0 fully saturated rings. The van der Waals surface area contributed by atoms with E-state index in [0.717, 1.165) is 77.0 Å². The molecule has 0 aliphatic heterocycles. The van der Waals surface area contributed by atoms with E-state index in [-0.39, 0.29) is 31.6 Å². The molecule has 0 radical (unpaired) electrons. The molecule has 48 heavy (non-hydrogen) atoms. The zero-order valence-corrected chi connectivity index (χ0v) is 30.5. The van der Waals surface area contributed by atoms with Gasteiger partial charge in [0.05, 0.1) is 6.61 Å². The van der Waals surface area contributed by atoms with E-state index in [4.69, 9.17) is 9.47 Å². The van der Waals surface area contributed by atoms with Crippen molar-refractivity contribution in [3.05, 3.63) is 97.2 Å². The minimum absolute atomic E-state index is 0.114. The monoisotopic (exact) mass is 665 g/mol. The Kier molecular flexibility index (Phi) is 35.7. The lowest BCUT2D eigenvalue weighted by Gasteiger charge is -2.15. The fraction of sp³-hybridized carbons (Fsp3) is 0.581. The maximum atomic E-state index is 12.2. The lowest BCUT2D eigenvalue weighted by atomic mass is 10.1. The van der Waals surface area contributed by atoms with Crippen molar-refractivity contribution in [1.82, 2.24) is 0 Å². The van der Waals surface area contributed by atoms with Crippen molar-refractivity contribution < 1.29 is 24.2 Å². The molecule has 0 saturated heterocycles. The van der Waals surface area contributed by atoms with Gasteiger partial charge >= 0.3 is 11.9 Å². The zero-order chi connectivity index (χ0) is 35.0. The molecular formula is C43H68O5. The highest BCUT2D eigenvalue weighted by molar-refractivity contribution is 5.70. The Bertz CT molecular complexity index is 979. The summed E-state index contributed by atoms with van der Waals surface area (Å²) >= 11 is 0. The van der Waals surface area contributed by atoms with Crippen molar-refractivity contribution in [3.63, 3.8) is 0 Å². The number of carbonyl (C=O) groups is 2. The van der Waals surface area contributed by atoms with Crippen LogP contribution in [0, 0.1) is 0 Å². The van der Waals surface area contributed by atoms with Gasteiger partial charge in [-0.2, -0.15) is 0 Å². The van der Waals surface area contributed by atoms with Crippen LogP contribution in [0.5, 0.6) is 0 Å². The molecule has 0 heterocycles. The van der Waals surface area contributed by atoms with Crippen molar-refractivity contribution in [2.75, 3.05) is 13.2 Å². The normalized spacial score (nSPS) is 13.3. The Labute approximate surface area is 294 Å². The molecule has 0 bridgehead atoms. The molecule has 0 saturated carbocycles. The molecule has 0 amide bonds. The van der Waals surface area contributed by atoms with Gasteiger partial charge < -0.3 is 14.6 Å². The fourth-order valence-electron chi connectivity index (χ4n) is 4.62. The SMILES string of the molecule is CC/C=C\C/C=C\C/C=C\C/C=C\CCCCCCCCCCC(=O)OC(CO)COC(=O)CC/C=C\C/C=C\C/C=C\C/C=C\CC. The topological polar surface area (TPSA) is 72.8 Å². The smallest absolute Gasteiger partial charge is 0.306 e. The third-order valence-corrected chi connectivity index (χ3v) is 7.39. The second kappa shape index (κ2) is 38.3. The first-order valence-electron chi connectivity index (χ1n) is 18.8. The molecule has 5 nitrogen and oxygen atoms in total. The number of unbranched alkanes of at least 4 members (excludes halogenated alkanes) is 8. The number of esters is 2. The van der Waals surface area contributed by atoms with Gasteiger partial charge in [-0.1, -0.05) is 150 Å². The highest BCUT2D eigenvalue weighted by Crippen LogP contribution is 2.12. The number of hydrogen-bond acceptors (Lipinski definition) is 5. The molecule has 0 rings (SSSR count). The van der Waals surface area contributed by atoms with Crippen LogP contribution in [0.4, 0.5) is 0 Å². The van der Waals surface area contributed by atoms with Gasteiger partial charge in [0.25, 0.3) is 0 Å². The van der Waals surface area contributed by atoms with E-state index in [9.17, 15) is 14.7 Å². The van der Waals surface area contributed by atoms with E-state index >= 15 is 0 Å². The summed E-state index contributed by atoms with van der Waals surface area (Å²) in [5, 5.41) is 9.53. The Morgan fingerprint density at radius 3 is 1.33 bits per heavy atom. The van der Waals surface area contributed by atoms with Crippen LogP contribution in [0.1, 0.15) is 142 Å². The summed E-state index contributed by atoms with van der Waals surface area (Å²) < 4.78 is 10.5. The second-order valence-electron chi connectivity index (χ2n) is 11.9. The number of rotatable bonds is 32. The predicted molar refractivity (Wildman–Crippen MR) is 205 cm³/mol. The number of carbonyl (C=O) groups excluding carboxylic acids is 2. The number of aliphatic hydroxyl groups excluding tert-OH is 1. The molecule has 1 N–H and O–H groups in total. The van der Waals surface area contributed by atoms with Crippen LogP contribution in [-0.2, 0) is 19.1 Å². The van der Waals surface area contributed by atoms with E-state index < -0.39 is 6.10 Å². The Morgan fingerprint density at radius 1 is 0.479 bits per heavy atom. The summed E-state index contributed by atoms with van der Waals surface area (Å²) in [5.74, 6) is -0.706. The average Bonchev–Trinajstić information content (AvgIpc) is 3.09. The first-order valence-corrected chi connectivity index (χ1v) is 18.8. The molecule has 0 aliphatic rings. The Balaban J connectivity index is 3.69. The van der Waals surface area contributed by atoms with Crippen LogP contribution in [0.25, 0.3) is 0 Å². The van der Waals surface area contributed by atoms with Gasteiger partial charge in [-0.15, -0.1) is 0 Å². The molecule has 0 aromatic rings. The molecule has 5 heteroatoms. The highest BCUT2D eigenvalue weighted by atomic mass is 16.6. The van der Waals surface area contributed by atoms with E-state index in [1.54, 1.807) is 0 Å². The van der Waals surface area contributed by atoms with Gasteiger partial charge in [-0.05, 0) is 77.0 Å². The number of ether oxygens (including phenoxy) is 2. The predicted octanol–water partition coefficient (Wildman–Crippen LogP) is 11.7. The third kappa shape index (κ3) is 35.7. The quantitative estimate of drug-likeness (QED) is 0.0440. The van der Waals surface area contributed by atoms with Gasteiger partial charge in [0.15, 0.2) is 6.10 Å². The fourth-order valence-corrected chi connectivity index (χ4v) is 4.62. The third-order valence-electron chi connectivity index (χ3n) is 7.39. The van der Waals surface area contributed by atoms with E-state index in [2.05, 4.69) is 98.9 Å². The van der Waals surface area contributed by atoms with Crippen molar-refractivity contribution in [3.8, 4) is 0 Å². The number of allylic oxidation sites excluding steroid dienone is 16. The summed E-state index contributed by atoms with van der Waals surface area (Å²) in [6, 6.07) is 0. The molecule has 0 aromatic heterocycles. The maximum absolute atomic E-state index is 12.2. The van der Waals surface area contributed by atoms with Crippen LogP contribution >= 0.6 is 0 Å². The largest absolute Gasteiger partial charge is 0.462 e. The second-order valence-corrected chi connectivity index (χ2v) is 11.9. The van der Waals surface area contributed by atoms with Gasteiger partial charge in [0, 0.05) is 12.8 Å². The number of hydrogen-bond donors (Lipinski definition) is 1. The van der Waals surface area contributed by atoms with Crippen molar-refractivity contribution in [1.29, 1.82) is 0 Å². The van der Waals surface area contributed by atoms with E-state index in [0.29, 0.717) is 12.8 Å². The average molecular weight is 665 g/mol. The van der Waals surface area contributed by atoms with Gasteiger partial charge in [-0.25, -0.2) is 0 Å². The molecule has 270 valence electrons. The lowest BCUT2D eigenvalue weighted by molar-refractivity contribution is -0.161. The Morgan fingerprint density at radius 2 is 0.875 bits per heavy atom. The van der Waals surface area contributed by atoms with Gasteiger partial charge in [0.1, 0.15) is 6.61 Å². The zero-order valence-electron chi connectivity index (χ0n) is 30.5. The summed E-state index contributed by atoms with van der Waals surface area (Å²) in [4.78, 5) is 24.2. The first kappa shape index (κ1) is 44.8. The highest BCUT2D eigenvalue weighted by Gasteiger charge is 2.15. The van der Waals surface area contributed by atoms with Crippen LogP contribution in [0.3, 0.4) is 0 Å². The molecule has 0 spiro atoms.